The number of sulfone groups is 1. The number of methoxy groups -OCH3 is 2. The lowest BCUT2D eigenvalue weighted by Gasteiger charge is -2.11. The van der Waals surface area contributed by atoms with E-state index in [4.69, 9.17) is 9.47 Å². The first-order valence-electron chi connectivity index (χ1n) is 6.27. The second-order valence-corrected chi connectivity index (χ2v) is 7.24. The second kappa shape index (κ2) is 6.97. The van der Waals surface area contributed by atoms with Crippen molar-refractivity contribution < 1.29 is 17.9 Å². The van der Waals surface area contributed by atoms with Crippen molar-refractivity contribution in [3.63, 3.8) is 0 Å². The van der Waals surface area contributed by atoms with E-state index in [0.29, 0.717) is 21.6 Å². The van der Waals surface area contributed by atoms with Crippen molar-refractivity contribution in [2.45, 2.75) is 5.03 Å². The fourth-order valence-electron chi connectivity index (χ4n) is 1.88. The quantitative estimate of drug-likeness (QED) is 0.771. The monoisotopic (exact) mass is 386 g/mol. The van der Waals surface area contributed by atoms with E-state index in [-0.39, 0.29) is 10.8 Å². The van der Waals surface area contributed by atoms with Gasteiger partial charge in [0.1, 0.15) is 11.5 Å². The minimum absolute atomic E-state index is 0.00875. The third-order valence-corrected chi connectivity index (χ3v) is 5.44. The Labute approximate surface area is 137 Å². The number of nitrogens with one attached hydrogen (secondary N) is 1. The van der Waals surface area contributed by atoms with Crippen molar-refractivity contribution in [1.82, 2.24) is 10.2 Å². The van der Waals surface area contributed by atoms with Gasteiger partial charge in [-0.25, -0.2) is 8.42 Å². The van der Waals surface area contributed by atoms with E-state index in [1.54, 1.807) is 25.3 Å². The van der Waals surface area contributed by atoms with Crippen LogP contribution in [0.5, 0.6) is 5.75 Å². The molecule has 0 radical (unpaired) electrons. The number of hydrogen-bond acceptors (Lipinski definition) is 5. The van der Waals surface area contributed by atoms with Crippen LogP contribution in [0.1, 0.15) is 5.56 Å². The van der Waals surface area contributed by atoms with Crippen molar-refractivity contribution in [3.8, 4) is 5.75 Å². The lowest BCUT2D eigenvalue weighted by Crippen LogP contribution is -2.09. The summed E-state index contributed by atoms with van der Waals surface area (Å²) in [5.41, 5.74) is 0.714. The van der Waals surface area contributed by atoms with Gasteiger partial charge in [0.05, 0.1) is 24.5 Å². The van der Waals surface area contributed by atoms with Gasteiger partial charge >= 0.3 is 0 Å². The highest BCUT2D eigenvalue weighted by atomic mass is 79.9. The van der Waals surface area contributed by atoms with E-state index in [0.717, 1.165) is 0 Å². The summed E-state index contributed by atoms with van der Waals surface area (Å²) in [6.45, 7) is 0. The molecule has 22 heavy (non-hydrogen) atoms. The standard InChI is InChI=1S/C14H15BrN2O4S/c1-20-11-5-3-4-10(8-11)14(21-2)12(15)9-22(18,19)13-6-7-16-17-13/h3-8H,9H2,1-2H3,(H,16,17). The number of rotatable bonds is 6. The molecule has 1 aromatic carbocycles. The molecule has 0 aliphatic carbocycles. The SMILES string of the molecule is COC(=C(Br)CS(=O)(=O)c1cc[nH]n1)c1cccc(OC)c1. The Morgan fingerprint density at radius 3 is 2.68 bits per heavy atom. The number of H-pyrrole nitrogens is 1. The summed E-state index contributed by atoms with van der Waals surface area (Å²) in [5.74, 6) is 0.832. The maximum atomic E-state index is 12.3. The molecule has 0 fully saturated rings. The van der Waals surface area contributed by atoms with Gasteiger partial charge in [-0.15, -0.1) is 0 Å². The molecule has 118 valence electrons. The van der Waals surface area contributed by atoms with Crippen LogP contribution < -0.4 is 4.74 Å². The van der Waals surface area contributed by atoms with Gasteiger partial charge in [-0.1, -0.05) is 28.1 Å². The minimum atomic E-state index is -3.55. The van der Waals surface area contributed by atoms with E-state index in [9.17, 15) is 8.42 Å². The molecule has 0 aliphatic rings. The number of ether oxygens (including phenoxy) is 2. The third-order valence-electron chi connectivity index (χ3n) is 2.89. The van der Waals surface area contributed by atoms with Crippen molar-refractivity contribution in [1.29, 1.82) is 0 Å². The normalized spacial score (nSPS) is 12.7. The highest BCUT2D eigenvalue weighted by molar-refractivity contribution is 9.12. The number of halogens is 1. The predicted octanol–water partition coefficient (Wildman–Crippen LogP) is 2.60. The van der Waals surface area contributed by atoms with Crippen LogP contribution in [0.15, 0.2) is 46.0 Å². The third kappa shape index (κ3) is 3.69. The highest BCUT2D eigenvalue weighted by Crippen LogP contribution is 2.28. The van der Waals surface area contributed by atoms with Crippen LogP contribution in [0.2, 0.25) is 0 Å². The predicted molar refractivity (Wildman–Crippen MR) is 86.5 cm³/mol. The van der Waals surface area contributed by atoms with E-state index >= 15 is 0 Å². The molecule has 0 atom stereocenters. The maximum absolute atomic E-state index is 12.3. The number of aromatic amines is 1. The van der Waals surface area contributed by atoms with E-state index in [1.165, 1.54) is 19.4 Å². The zero-order chi connectivity index (χ0) is 16.2. The fourth-order valence-corrected chi connectivity index (χ4v) is 4.25. The van der Waals surface area contributed by atoms with Crippen LogP contribution in [0, 0.1) is 0 Å². The maximum Gasteiger partial charge on any atom is 0.202 e. The molecule has 0 saturated heterocycles. The van der Waals surface area contributed by atoms with E-state index in [2.05, 4.69) is 26.1 Å². The molecule has 2 rings (SSSR count). The Bertz CT molecular complexity index is 770. The van der Waals surface area contributed by atoms with Gasteiger partial charge < -0.3 is 9.47 Å². The number of benzene rings is 1. The summed E-state index contributed by atoms with van der Waals surface area (Å²) in [6.07, 6.45) is 1.46. The van der Waals surface area contributed by atoms with Crippen LogP contribution in [0.4, 0.5) is 0 Å². The molecule has 1 N–H and O–H groups in total. The smallest absolute Gasteiger partial charge is 0.202 e. The molecule has 0 saturated carbocycles. The largest absolute Gasteiger partial charge is 0.497 e. The summed E-state index contributed by atoms with van der Waals surface area (Å²) in [7, 11) is -0.508. The van der Waals surface area contributed by atoms with Gasteiger partial charge in [0.25, 0.3) is 0 Å². The molecule has 0 amide bonds. The van der Waals surface area contributed by atoms with Gasteiger partial charge in [0.2, 0.25) is 9.84 Å². The Balaban J connectivity index is 2.37. The van der Waals surface area contributed by atoms with Crippen molar-refractivity contribution in [2.75, 3.05) is 20.0 Å². The molecule has 1 heterocycles. The summed E-state index contributed by atoms with van der Waals surface area (Å²) < 4.78 is 35.4. The lowest BCUT2D eigenvalue weighted by atomic mass is 10.1. The first-order chi connectivity index (χ1) is 10.5. The molecular weight excluding hydrogens is 372 g/mol. The van der Waals surface area contributed by atoms with Crippen LogP contribution in [0.25, 0.3) is 5.76 Å². The molecule has 0 aliphatic heterocycles. The number of aromatic nitrogens is 2. The zero-order valence-corrected chi connectivity index (χ0v) is 14.4. The number of nitrogens with zero attached hydrogens (tertiary/aromatic N) is 1. The Kier molecular flexibility index (Phi) is 5.25. The Morgan fingerprint density at radius 1 is 1.32 bits per heavy atom. The number of hydrogen-bond donors (Lipinski definition) is 1. The van der Waals surface area contributed by atoms with Crippen molar-refractivity contribution >= 4 is 31.5 Å². The average molecular weight is 387 g/mol. The van der Waals surface area contributed by atoms with Crippen LogP contribution in [0.3, 0.4) is 0 Å². The van der Waals surface area contributed by atoms with Gasteiger partial charge in [0, 0.05) is 11.8 Å². The summed E-state index contributed by atoms with van der Waals surface area (Å²) in [6, 6.07) is 8.58. The molecule has 0 spiro atoms. The molecular formula is C14H15BrN2O4S. The van der Waals surface area contributed by atoms with Gasteiger partial charge in [0.15, 0.2) is 5.03 Å². The zero-order valence-electron chi connectivity index (χ0n) is 12.0. The van der Waals surface area contributed by atoms with Gasteiger partial charge in [-0.3, -0.25) is 5.10 Å². The second-order valence-electron chi connectivity index (χ2n) is 4.34. The minimum Gasteiger partial charge on any atom is -0.497 e. The topological polar surface area (TPSA) is 81.3 Å². The molecule has 6 nitrogen and oxygen atoms in total. The first-order valence-corrected chi connectivity index (χ1v) is 8.72. The fraction of sp³-hybridized carbons (Fsp3) is 0.214. The summed E-state index contributed by atoms with van der Waals surface area (Å²) in [5, 5.41) is 6.19. The molecule has 0 unspecified atom stereocenters. The summed E-state index contributed by atoms with van der Waals surface area (Å²) in [4.78, 5) is 0. The van der Waals surface area contributed by atoms with Crippen LogP contribution in [-0.2, 0) is 14.6 Å². The van der Waals surface area contributed by atoms with Crippen molar-refractivity contribution in [3.05, 3.63) is 46.6 Å². The lowest BCUT2D eigenvalue weighted by molar-refractivity contribution is 0.368. The van der Waals surface area contributed by atoms with Gasteiger partial charge in [-0.05, 0) is 18.2 Å². The first kappa shape index (κ1) is 16.6. The average Bonchev–Trinajstić information content (AvgIpc) is 3.03. The molecule has 1 aromatic heterocycles. The molecule has 2 aromatic rings. The van der Waals surface area contributed by atoms with E-state index in [1.807, 2.05) is 6.07 Å². The summed E-state index contributed by atoms with van der Waals surface area (Å²) >= 11 is 3.31. The highest BCUT2D eigenvalue weighted by Gasteiger charge is 2.21. The van der Waals surface area contributed by atoms with Crippen molar-refractivity contribution in [2.24, 2.45) is 0 Å². The van der Waals surface area contributed by atoms with Crippen LogP contribution >= 0.6 is 15.9 Å². The van der Waals surface area contributed by atoms with Crippen LogP contribution in [-0.4, -0.2) is 38.6 Å². The molecule has 0 bridgehead atoms. The Morgan fingerprint density at radius 2 is 2.09 bits per heavy atom. The Hall–Kier alpha value is -1.80. The van der Waals surface area contributed by atoms with E-state index < -0.39 is 9.84 Å². The molecule has 8 heteroatoms. The van der Waals surface area contributed by atoms with Gasteiger partial charge in [-0.2, -0.15) is 5.10 Å².